The molecule has 2 amide bonds. The molecule has 6 heteroatoms. The summed E-state index contributed by atoms with van der Waals surface area (Å²) in [5, 5.41) is 2.94. The average Bonchev–Trinajstić information content (AvgIpc) is 2.56. The van der Waals surface area contributed by atoms with Gasteiger partial charge in [-0.05, 0) is 58.9 Å². The molecule has 1 aromatic carbocycles. The number of amides is 2. The fourth-order valence-electron chi connectivity index (χ4n) is 3.25. The van der Waals surface area contributed by atoms with Gasteiger partial charge in [-0.15, -0.1) is 0 Å². The van der Waals surface area contributed by atoms with Gasteiger partial charge in [-0.1, -0.05) is 12.1 Å². The van der Waals surface area contributed by atoms with Crippen LogP contribution in [0.4, 0.5) is 5.69 Å². The Kier molecular flexibility index (Phi) is 6.78. The first-order chi connectivity index (χ1) is 12.2. The topological polar surface area (TPSA) is 61.9 Å². The first kappa shape index (κ1) is 20.4. The van der Waals surface area contributed by atoms with Crippen LogP contribution in [0.5, 0.6) is 0 Å². The summed E-state index contributed by atoms with van der Waals surface area (Å²) < 4.78 is 5.69. The molecule has 2 rings (SSSR count). The van der Waals surface area contributed by atoms with Crippen LogP contribution in [0.15, 0.2) is 18.2 Å². The number of carbonyl (C=O) groups is 2. The van der Waals surface area contributed by atoms with Crippen LogP contribution in [0.3, 0.4) is 0 Å². The first-order valence-electron chi connectivity index (χ1n) is 9.19. The lowest BCUT2D eigenvalue weighted by atomic mass is 10.1. The molecule has 26 heavy (non-hydrogen) atoms. The maximum absolute atomic E-state index is 12.8. The highest BCUT2D eigenvalue weighted by Crippen LogP contribution is 2.18. The van der Waals surface area contributed by atoms with Crippen LogP contribution in [0.2, 0.25) is 0 Å². The van der Waals surface area contributed by atoms with Crippen LogP contribution in [0, 0.1) is 13.8 Å². The molecule has 1 aromatic rings. The van der Waals surface area contributed by atoms with Gasteiger partial charge < -0.3 is 15.0 Å². The van der Waals surface area contributed by atoms with Crippen molar-refractivity contribution in [2.45, 2.75) is 52.9 Å². The largest absolute Gasteiger partial charge is 0.372 e. The lowest BCUT2D eigenvalue weighted by Crippen LogP contribution is -2.54. The number of hydrogen-bond donors (Lipinski definition) is 1. The Morgan fingerprint density at radius 2 is 1.88 bits per heavy atom. The lowest BCUT2D eigenvalue weighted by molar-refractivity contribution is -0.148. The SMILES string of the molecule is Cc1cccc(NC(=O)CN(C)C(C)C(=O)N2CC(C)OC(C)C2)c1C. The van der Waals surface area contributed by atoms with Crippen molar-refractivity contribution in [3.05, 3.63) is 29.3 Å². The molecule has 3 atom stereocenters. The van der Waals surface area contributed by atoms with Crippen molar-refractivity contribution < 1.29 is 14.3 Å². The van der Waals surface area contributed by atoms with Crippen molar-refractivity contribution >= 4 is 17.5 Å². The van der Waals surface area contributed by atoms with E-state index in [0.717, 1.165) is 16.8 Å². The molecule has 0 radical (unpaired) electrons. The van der Waals surface area contributed by atoms with E-state index in [1.165, 1.54) is 0 Å². The molecule has 1 N–H and O–H groups in total. The van der Waals surface area contributed by atoms with Gasteiger partial charge in [0.15, 0.2) is 0 Å². The second-order valence-electron chi connectivity index (χ2n) is 7.39. The molecule has 0 aromatic heterocycles. The van der Waals surface area contributed by atoms with Gasteiger partial charge in [-0.3, -0.25) is 14.5 Å². The number of hydrogen-bond acceptors (Lipinski definition) is 4. The summed E-state index contributed by atoms with van der Waals surface area (Å²) in [5.74, 6) is -0.0846. The third-order valence-electron chi connectivity index (χ3n) is 5.02. The van der Waals surface area contributed by atoms with Gasteiger partial charge in [0, 0.05) is 18.8 Å². The summed E-state index contributed by atoms with van der Waals surface area (Å²) in [5.41, 5.74) is 3.01. The highest BCUT2D eigenvalue weighted by molar-refractivity contribution is 5.93. The van der Waals surface area contributed by atoms with Crippen LogP contribution in [0.25, 0.3) is 0 Å². The standard InChI is InChI=1S/C20H31N3O3/c1-13-8-7-9-18(16(13)4)21-19(24)12-22(6)17(5)20(25)23-10-14(2)26-15(3)11-23/h7-9,14-15,17H,10-12H2,1-6H3,(H,21,24). The van der Waals surface area contributed by atoms with Crippen molar-refractivity contribution in [3.63, 3.8) is 0 Å². The number of anilines is 1. The minimum Gasteiger partial charge on any atom is -0.372 e. The Balaban J connectivity index is 1.93. The zero-order valence-corrected chi connectivity index (χ0v) is 16.7. The second-order valence-corrected chi connectivity index (χ2v) is 7.39. The van der Waals surface area contributed by atoms with Gasteiger partial charge in [-0.25, -0.2) is 0 Å². The normalized spacial score (nSPS) is 21.6. The van der Waals surface area contributed by atoms with E-state index in [0.29, 0.717) is 13.1 Å². The molecule has 3 unspecified atom stereocenters. The molecule has 1 heterocycles. The Hall–Kier alpha value is -1.92. The highest BCUT2D eigenvalue weighted by atomic mass is 16.5. The average molecular weight is 361 g/mol. The maximum Gasteiger partial charge on any atom is 0.239 e. The van der Waals surface area contributed by atoms with E-state index < -0.39 is 0 Å². The molecular weight excluding hydrogens is 330 g/mol. The zero-order valence-electron chi connectivity index (χ0n) is 16.7. The molecule has 0 aliphatic carbocycles. The summed E-state index contributed by atoms with van der Waals surface area (Å²) in [7, 11) is 1.80. The number of morpholine rings is 1. The van der Waals surface area contributed by atoms with Crippen LogP contribution in [-0.2, 0) is 14.3 Å². The Bertz CT molecular complexity index is 652. The Labute approximate surface area is 156 Å². The molecular formula is C20H31N3O3. The maximum atomic E-state index is 12.8. The zero-order chi connectivity index (χ0) is 19.4. The predicted molar refractivity (Wildman–Crippen MR) is 103 cm³/mol. The minimum absolute atomic E-state index is 0.0350. The predicted octanol–water partition coefficient (Wildman–Crippen LogP) is 2.20. The second kappa shape index (κ2) is 8.64. The van der Waals surface area contributed by atoms with E-state index in [9.17, 15) is 9.59 Å². The number of likely N-dealkylation sites (N-methyl/N-ethyl adjacent to an activating group) is 1. The summed E-state index contributed by atoms with van der Waals surface area (Å²) in [4.78, 5) is 28.8. The molecule has 144 valence electrons. The van der Waals surface area contributed by atoms with Crippen LogP contribution >= 0.6 is 0 Å². The number of nitrogens with one attached hydrogen (secondary N) is 1. The van der Waals surface area contributed by atoms with E-state index in [-0.39, 0.29) is 36.6 Å². The third kappa shape index (κ3) is 5.05. The number of aryl methyl sites for hydroxylation is 1. The van der Waals surface area contributed by atoms with Gasteiger partial charge in [0.05, 0.1) is 24.8 Å². The van der Waals surface area contributed by atoms with Crippen molar-refractivity contribution in [1.29, 1.82) is 0 Å². The van der Waals surface area contributed by atoms with Crippen molar-refractivity contribution in [2.75, 3.05) is 32.0 Å². The van der Waals surface area contributed by atoms with Crippen molar-refractivity contribution in [1.82, 2.24) is 9.80 Å². The highest BCUT2D eigenvalue weighted by Gasteiger charge is 2.30. The van der Waals surface area contributed by atoms with Gasteiger partial charge in [0.1, 0.15) is 0 Å². The summed E-state index contributed by atoms with van der Waals surface area (Å²) in [6.45, 7) is 11.1. The van der Waals surface area contributed by atoms with E-state index in [4.69, 9.17) is 4.74 Å². The third-order valence-corrected chi connectivity index (χ3v) is 5.02. The molecule has 1 fully saturated rings. The summed E-state index contributed by atoms with van der Waals surface area (Å²) >= 11 is 0. The number of benzene rings is 1. The Morgan fingerprint density at radius 3 is 2.50 bits per heavy atom. The van der Waals surface area contributed by atoms with Gasteiger partial charge in [-0.2, -0.15) is 0 Å². The number of carbonyl (C=O) groups excluding carboxylic acids is 2. The monoisotopic (exact) mass is 361 g/mol. The fourth-order valence-corrected chi connectivity index (χ4v) is 3.25. The minimum atomic E-state index is -0.364. The van der Waals surface area contributed by atoms with Gasteiger partial charge in [0.2, 0.25) is 11.8 Å². The molecule has 1 aliphatic rings. The lowest BCUT2D eigenvalue weighted by Gasteiger charge is -2.38. The first-order valence-corrected chi connectivity index (χ1v) is 9.19. The van der Waals surface area contributed by atoms with Crippen molar-refractivity contribution in [2.24, 2.45) is 0 Å². The molecule has 6 nitrogen and oxygen atoms in total. The van der Waals surface area contributed by atoms with Gasteiger partial charge >= 0.3 is 0 Å². The van der Waals surface area contributed by atoms with E-state index in [1.54, 1.807) is 11.9 Å². The summed E-state index contributed by atoms with van der Waals surface area (Å²) in [6, 6.07) is 5.47. The van der Waals surface area contributed by atoms with Crippen LogP contribution in [0.1, 0.15) is 31.9 Å². The van der Waals surface area contributed by atoms with Crippen LogP contribution in [-0.4, -0.2) is 66.5 Å². The molecule has 1 aliphatic heterocycles. The van der Waals surface area contributed by atoms with Crippen molar-refractivity contribution in [3.8, 4) is 0 Å². The smallest absolute Gasteiger partial charge is 0.239 e. The van der Waals surface area contributed by atoms with Gasteiger partial charge in [0.25, 0.3) is 0 Å². The molecule has 1 saturated heterocycles. The molecule has 0 bridgehead atoms. The molecule has 0 spiro atoms. The number of nitrogens with zero attached hydrogens (tertiary/aromatic N) is 2. The number of ether oxygens (including phenoxy) is 1. The fraction of sp³-hybridized carbons (Fsp3) is 0.600. The number of rotatable bonds is 5. The Morgan fingerprint density at radius 1 is 1.27 bits per heavy atom. The van der Waals surface area contributed by atoms with E-state index in [2.05, 4.69) is 5.32 Å². The van der Waals surface area contributed by atoms with Crippen LogP contribution < -0.4 is 5.32 Å². The van der Waals surface area contributed by atoms with E-state index >= 15 is 0 Å². The molecule has 0 saturated carbocycles. The quantitative estimate of drug-likeness (QED) is 0.873. The summed E-state index contributed by atoms with van der Waals surface area (Å²) in [6.07, 6.45) is 0.0700. The van der Waals surface area contributed by atoms with E-state index in [1.807, 2.05) is 57.7 Å².